The van der Waals surface area contributed by atoms with Gasteiger partial charge in [-0.3, -0.25) is 0 Å². The Balaban J connectivity index is 2.27. The lowest BCUT2D eigenvalue weighted by Gasteiger charge is -2.17. The van der Waals surface area contributed by atoms with E-state index in [0.717, 1.165) is 19.7 Å². The first kappa shape index (κ1) is 16.4. The fourth-order valence-electron chi connectivity index (χ4n) is 1.98. The van der Waals surface area contributed by atoms with Gasteiger partial charge in [-0.1, -0.05) is 30.7 Å². The zero-order chi connectivity index (χ0) is 14.7. The molecule has 0 aliphatic rings. The van der Waals surface area contributed by atoms with E-state index in [1.54, 1.807) is 29.5 Å². The van der Waals surface area contributed by atoms with E-state index >= 15 is 0 Å². The van der Waals surface area contributed by atoms with Crippen LogP contribution in [0.25, 0.3) is 0 Å². The molecule has 20 heavy (non-hydrogen) atoms. The van der Waals surface area contributed by atoms with Gasteiger partial charge in [0.15, 0.2) is 0 Å². The second-order valence-electron chi connectivity index (χ2n) is 4.30. The molecule has 1 heterocycles. The van der Waals surface area contributed by atoms with E-state index in [1.807, 2.05) is 6.92 Å². The van der Waals surface area contributed by atoms with Crippen molar-refractivity contribution in [1.29, 1.82) is 0 Å². The number of rotatable bonds is 5. The first-order valence-electron chi connectivity index (χ1n) is 6.14. The van der Waals surface area contributed by atoms with Crippen molar-refractivity contribution < 1.29 is 4.39 Å². The summed E-state index contributed by atoms with van der Waals surface area (Å²) in [5.74, 6) is -0.327. The smallest absolute Gasteiger partial charge is 0.145 e. The van der Waals surface area contributed by atoms with Crippen molar-refractivity contribution in [3.05, 3.63) is 53.8 Å². The molecule has 1 atom stereocenters. The number of hydrogen-bond acceptors (Lipinski definition) is 2. The van der Waals surface area contributed by atoms with Crippen molar-refractivity contribution in [3.8, 4) is 0 Å². The summed E-state index contributed by atoms with van der Waals surface area (Å²) in [7, 11) is 0. The molecule has 108 valence electrons. The number of benzene rings is 1. The minimum atomic E-state index is -0.327. The fraction of sp³-hybridized carbons (Fsp3) is 0.286. The Bertz CT molecular complexity index is 583. The summed E-state index contributed by atoms with van der Waals surface area (Å²) in [4.78, 5) is 1.16. The van der Waals surface area contributed by atoms with Crippen LogP contribution in [0.3, 0.4) is 0 Å². The predicted molar refractivity (Wildman–Crippen MR) is 91.3 cm³/mol. The third-order valence-electron chi connectivity index (χ3n) is 2.91. The molecule has 6 heteroatoms. The van der Waals surface area contributed by atoms with E-state index in [0.29, 0.717) is 12.0 Å². The van der Waals surface area contributed by atoms with Crippen LogP contribution in [-0.4, -0.2) is 6.54 Å². The van der Waals surface area contributed by atoms with Crippen molar-refractivity contribution in [2.24, 2.45) is 0 Å². The molecule has 1 unspecified atom stereocenters. The SMILES string of the molecule is CCNC(Cc1cccc(Cl)c1F)c1cc(Br)c(Br)s1. The molecule has 1 N–H and O–H groups in total. The van der Waals surface area contributed by atoms with Gasteiger partial charge in [0.1, 0.15) is 5.82 Å². The van der Waals surface area contributed by atoms with Gasteiger partial charge in [0.25, 0.3) is 0 Å². The van der Waals surface area contributed by atoms with Gasteiger partial charge >= 0.3 is 0 Å². The summed E-state index contributed by atoms with van der Waals surface area (Å²) in [5, 5.41) is 3.57. The highest BCUT2D eigenvalue weighted by atomic mass is 79.9. The standard InChI is InChI=1S/C14H13Br2ClFNS/c1-2-19-11(12-7-9(15)14(16)20-12)6-8-4-3-5-10(17)13(8)18/h3-5,7,11,19H,2,6H2,1H3. The summed E-state index contributed by atoms with van der Waals surface area (Å²) >= 11 is 14.5. The van der Waals surface area contributed by atoms with Crippen LogP contribution in [0.5, 0.6) is 0 Å². The van der Waals surface area contributed by atoms with Gasteiger partial charge in [0.05, 0.1) is 8.81 Å². The van der Waals surface area contributed by atoms with Crippen LogP contribution in [0.4, 0.5) is 4.39 Å². The van der Waals surface area contributed by atoms with E-state index in [4.69, 9.17) is 11.6 Å². The molecule has 0 radical (unpaired) electrons. The molecular formula is C14H13Br2ClFNS. The van der Waals surface area contributed by atoms with Gasteiger partial charge in [-0.2, -0.15) is 0 Å². The highest BCUT2D eigenvalue weighted by molar-refractivity contribution is 9.13. The summed E-state index contributed by atoms with van der Waals surface area (Å²) in [5.41, 5.74) is 0.629. The van der Waals surface area contributed by atoms with Crippen LogP contribution < -0.4 is 5.32 Å². The van der Waals surface area contributed by atoms with Gasteiger partial charge in [0, 0.05) is 15.4 Å². The predicted octanol–water partition coefficient (Wildman–Crippen LogP) is 5.96. The van der Waals surface area contributed by atoms with E-state index < -0.39 is 0 Å². The van der Waals surface area contributed by atoms with Crippen LogP contribution in [0, 0.1) is 5.82 Å². The van der Waals surface area contributed by atoms with Crippen molar-refractivity contribution in [2.45, 2.75) is 19.4 Å². The zero-order valence-electron chi connectivity index (χ0n) is 10.7. The highest BCUT2D eigenvalue weighted by Gasteiger charge is 2.18. The molecule has 0 aliphatic heterocycles. The van der Waals surface area contributed by atoms with E-state index in [-0.39, 0.29) is 16.9 Å². The molecule has 0 fully saturated rings. The Morgan fingerprint density at radius 1 is 1.40 bits per heavy atom. The van der Waals surface area contributed by atoms with Crippen LogP contribution in [-0.2, 0) is 6.42 Å². The molecule has 1 nitrogen and oxygen atoms in total. The normalized spacial score (nSPS) is 12.7. The Morgan fingerprint density at radius 3 is 2.75 bits per heavy atom. The molecule has 0 amide bonds. The quantitative estimate of drug-likeness (QED) is 0.604. The fourth-order valence-corrected chi connectivity index (χ4v) is 4.34. The largest absolute Gasteiger partial charge is 0.309 e. The minimum absolute atomic E-state index is 0.0700. The average molecular weight is 442 g/mol. The van der Waals surface area contributed by atoms with Gasteiger partial charge in [-0.15, -0.1) is 11.3 Å². The molecule has 0 saturated heterocycles. The Kier molecular flexibility index (Phi) is 6.05. The van der Waals surface area contributed by atoms with Gasteiger partial charge in [0.2, 0.25) is 0 Å². The van der Waals surface area contributed by atoms with E-state index in [9.17, 15) is 4.39 Å². The van der Waals surface area contributed by atoms with E-state index in [1.165, 1.54) is 0 Å². The summed E-state index contributed by atoms with van der Waals surface area (Å²) in [6.45, 7) is 2.86. The first-order valence-corrected chi connectivity index (χ1v) is 8.92. The average Bonchev–Trinajstić information content (AvgIpc) is 2.74. The molecule has 2 rings (SSSR count). The van der Waals surface area contributed by atoms with Crippen LogP contribution >= 0.6 is 54.8 Å². The van der Waals surface area contributed by atoms with E-state index in [2.05, 4.69) is 43.2 Å². The first-order chi connectivity index (χ1) is 9.52. The molecule has 0 aliphatic carbocycles. The molecule has 1 aromatic carbocycles. The third kappa shape index (κ3) is 3.83. The third-order valence-corrected chi connectivity index (χ3v) is 6.58. The van der Waals surface area contributed by atoms with Crippen molar-refractivity contribution >= 4 is 54.8 Å². The molecule has 2 aromatic rings. The lowest BCUT2D eigenvalue weighted by molar-refractivity contribution is 0.534. The van der Waals surface area contributed by atoms with Crippen LogP contribution in [0.1, 0.15) is 23.4 Å². The number of thiophene rings is 1. The zero-order valence-corrected chi connectivity index (χ0v) is 15.5. The molecule has 0 spiro atoms. The Labute approximate surface area is 143 Å². The second kappa shape index (κ2) is 7.36. The van der Waals surface area contributed by atoms with Gasteiger partial charge < -0.3 is 5.32 Å². The topological polar surface area (TPSA) is 12.0 Å². The maximum Gasteiger partial charge on any atom is 0.145 e. The highest BCUT2D eigenvalue weighted by Crippen LogP contribution is 2.36. The maximum absolute atomic E-state index is 14.0. The summed E-state index contributed by atoms with van der Waals surface area (Å²) in [6, 6.07) is 7.26. The lowest BCUT2D eigenvalue weighted by atomic mass is 10.0. The maximum atomic E-state index is 14.0. The summed E-state index contributed by atoms with van der Waals surface area (Å²) < 4.78 is 16.1. The van der Waals surface area contributed by atoms with Crippen LogP contribution in [0.15, 0.2) is 32.5 Å². The molecule has 1 aromatic heterocycles. The van der Waals surface area contributed by atoms with Gasteiger partial charge in [-0.05, 0) is 62.5 Å². The monoisotopic (exact) mass is 439 g/mol. The Hall–Kier alpha value is 0.0600. The van der Waals surface area contributed by atoms with Crippen LogP contribution in [0.2, 0.25) is 5.02 Å². The number of nitrogens with one attached hydrogen (secondary N) is 1. The second-order valence-corrected chi connectivity index (χ2v) is 7.96. The Morgan fingerprint density at radius 2 is 2.15 bits per heavy atom. The number of halogens is 4. The molecule has 0 saturated carbocycles. The molecule has 0 bridgehead atoms. The van der Waals surface area contributed by atoms with Crippen molar-refractivity contribution in [2.75, 3.05) is 6.54 Å². The molecular weight excluding hydrogens is 428 g/mol. The summed E-state index contributed by atoms with van der Waals surface area (Å²) in [6.07, 6.45) is 0.569. The number of hydrogen-bond donors (Lipinski definition) is 1. The van der Waals surface area contributed by atoms with Crippen molar-refractivity contribution in [1.82, 2.24) is 5.32 Å². The van der Waals surface area contributed by atoms with Crippen molar-refractivity contribution in [3.63, 3.8) is 0 Å². The van der Waals surface area contributed by atoms with Gasteiger partial charge in [-0.25, -0.2) is 4.39 Å². The lowest BCUT2D eigenvalue weighted by Crippen LogP contribution is -2.22. The minimum Gasteiger partial charge on any atom is -0.309 e. The number of likely N-dealkylation sites (N-methyl/N-ethyl adjacent to an activating group) is 1.